The molecule has 2 bridgehead atoms. The number of nitrogens with one attached hydrogen (secondary N) is 3. The zero-order valence-corrected chi connectivity index (χ0v) is 30.8. The molecule has 288 valence electrons. The normalized spacial score (nSPS) is 28.8. The number of carbonyl (C=O) groups excluding carboxylic acids is 7. The van der Waals surface area contributed by atoms with E-state index in [1.165, 1.54) is 33.3 Å². The lowest BCUT2D eigenvalue weighted by atomic mass is 9.85. The summed E-state index contributed by atoms with van der Waals surface area (Å²) in [7, 11) is 2.85. The first-order valence-electron chi connectivity index (χ1n) is 17.2. The molecule has 0 saturated carbocycles. The molecule has 0 aromatic rings. The maximum absolute atomic E-state index is 13.9. The minimum atomic E-state index is -1.05. The van der Waals surface area contributed by atoms with E-state index in [-0.39, 0.29) is 67.4 Å². The second-order valence-electron chi connectivity index (χ2n) is 13.1. The highest BCUT2D eigenvalue weighted by Gasteiger charge is 2.33. The maximum Gasteiger partial charge on any atom is 0.405 e. The first-order chi connectivity index (χ1) is 25.1. The molecule has 0 radical (unpaired) electrons. The van der Waals surface area contributed by atoms with Gasteiger partial charge in [-0.15, -0.1) is 0 Å². The zero-order chi connectivity index (χ0) is 39.4. The van der Waals surface area contributed by atoms with E-state index in [9.17, 15) is 38.7 Å². The smallest absolute Gasteiger partial charge is 0.405 e. The first kappa shape index (κ1) is 42.2. The van der Waals surface area contributed by atoms with Gasteiger partial charge in [-0.1, -0.05) is 38.2 Å². The quantitative estimate of drug-likeness (QED) is 0.0919. The number of fused-ring (bicyclic) bond motifs is 2. The van der Waals surface area contributed by atoms with Gasteiger partial charge < -0.3 is 41.0 Å². The summed E-state index contributed by atoms with van der Waals surface area (Å²) in [5, 5.41) is 19.3. The summed E-state index contributed by atoms with van der Waals surface area (Å²) >= 11 is 0. The van der Waals surface area contributed by atoms with Crippen LogP contribution in [0.15, 0.2) is 70.6 Å². The van der Waals surface area contributed by atoms with Crippen LogP contribution in [0.2, 0.25) is 0 Å². The first-order valence-corrected chi connectivity index (χ1v) is 17.2. The van der Waals surface area contributed by atoms with Crippen LogP contribution in [0.5, 0.6) is 0 Å². The monoisotopic (exact) mass is 739 g/mol. The Bertz CT molecular complexity index is 1640. The predicted octanol–water partition coefficient (Wildman–Crippen LogP) is 1.13. The van der Waals surface area contributed by atoms with Crippen LogP contribution in [0.1, 0.15) is 53.4 Å². The van der Waals surface area contributed by atoms with Gasteiger partial charge in [-0.2, -0.15) is 0 Å². The molecule has 0 aromatic heterocycles. The van der Waals surface area contributed by atoms with Crippen molar-refractivity contribution >= 4 is 41.3 Å². The maximum atomic E-state index is 13.9. The van der Waals surface area contributed by atoms with Crippen LogP contribution < -0.4 is 21.7 Å². The topological polar surface area (TPSA) is 233 Å². The number of ether oxygens (including phenoxy) is 3. The van der Waals surface area contributed by atoms with E-state index >= 15 is 0 Å². The largest absolute Gasteiger partial charge is 0.439 e. The van der Waals surface area contributed by atoms with Crippen LogP contribution in [0.25, 0.3) is 0 Å². The Morgan fingerprint density at radius 2 is 1.74 bits per heavy atom. The zero-order valence-electron chi connectivity index (χ0n) is 30.8. The molecule has 16 heteroatoms. The van der Waals surface area contributed by atoms with Gasteiger partial charge in [0.1, 0.15) is 6.10 Å². The van der Waals surface area contributed by atoms with E-state index in [1.54, 1.807) is 26.0 Å². The number of hydrogen-bond donors (Lipinski definition) is 5. The molecular formula is C37H49N5O11. The standard InChI is InChI=1S/C37H49N5O11/c1-20-15-24-32(40-19-39-29(44)11-8-14-42-30(45)12-13-31(42)46)26(43)18-25(34(24)48)41-36(49)21(2)9-7-10-27(51-5)35(53-37(38)50)23(4)17-22(3)33(47)28(16-20)52-6/h7,9-10,12-13,17-18,20,22,27-28,33,35,40,47H,8,11,14-16,19H2,1-6H3,(H2,38,50)(H,39,44)(H,41,49)/b10-7-,21-9+,23-17+/t20-,22+,27+,28+,33-,35+/m1/s1. The van der Waals surface area contributed by atoms with E-state index < -0.39 is 71.6 Å². The number of rotatable bonds is 10. The Kier molecular flexibility index (Phi) is 15.6. The summed E-state index contributed by atoms with van der Waals surface area (Å²) < 4.78 is 16.6. The summed E-state index contributed by atoms with van der Waals surface area (Å²) in [6.07, 6.45) is 5.46. The number of imide groups is 1. The molecule has 0 aromatic carbocycles. The van der Waals surface area contributed by atoms with Crippen molar-refractivity contribution in [2.45, 2.75) is 77.8 Å². The Morgan fingerprint density at radius 3 is 2.36 bits per heavy atom. The number of allylic oxidation sites excluding steroid dienone is 4. The molecule has 0 spiro atoms. The fraction of sp³-hybridized carbons (Fsp3) is 0.486. The summed E-state index contributed by atoms with van der Waals surface area (Å²) in [4.78, 5) is 89.3. The van der Waals surface area contributed by atoms with E-state index in [1.807, 2.05) is 6.92 Å². The Hall–Kier alpha value is -5.19. The number of Topliss-reactive ketones (excluding diaryl/α,β-unsaturated/α-hetero) is 1. The van der Waals surface area contributed by atoms with E-state index in [2.05, 4.69) is 16.0 Å². The highest BCUT2D eigenvalue weighted by molar-refractivity contribution is 6.23. The predicted molar refractivity (Wildman–Crippen MR) is 191 cm³/mol. The molecule has 0 fully saturated rings. The molecule has 2 aliphatic heterocycles. The van der Waals surface area contributed by atoms with Crippen molar-refractivity contribution in [3.05, 3.63) is 70.6 Å². The van der Waals surface area contributed by atoms with Gasteiger partial charge in [0.2, 0.25) is 17.5 Å². The average molecular weight is 740 g/mol. The SMILES string of the molecule is CO[C@H]1/C=C\C=C(/C)C(=O)NC2=CC(=O)C(NCNC(=O)CCCN3C(=O)C=CC3=O)=C(C[C@@H](C)C[C@H](OC)[C@H](O)[C@@H](C)/C=C(\C)[C@@H]1OC(N)=O)C2=O. The third-order valence-electron chi connectivity index (χ3n) is 9.03. The fourth-order valence-corrected chi connectivity index (χ4v) is 6.15. The number of carbonyl (C=O) groups is 7. The molecule has 5 amide bonds. The van der Waals surface area contributed by atoms with E-state index in [0.29, 0.717) is 5.57 Å². The minimum absolute atomic E-state index is 0.00842. The molecule has 2 heterocycles. The molecular weight excluding hydrogens is 690 g/mol. The molecule has 3 rings (SSSR count). The van der Waals surface area contributed by atoms with Crippen molar-refractivity contribution in [2.24, 2.45) is 17.6 Å². The lowest BCUT2D eigenvalue weighted by Gasteiger charge is -2.30. The number of aliphatic hydroxyl groups is 1. The molecule has 16 nitrogen and oxygen atoms in total. The molecule has 6 N–H and O–H groups in total. The van der Waals surface area contributed by atoms with Crippen LogP contribution in [0.4, 0.5) is 4.79 Å². The molecule has 3 aliphatic rings. The summed E-state index contributed by atoms with van der Waals surface area (Å²) in [6.45, 7) is 6.63. The molecule has 1 aliphatic carbocycles. The number of hydrogen-bond acceptors (Lipinski definition) is 12. The average Bonchev–Trinajstić information content (AvgIpc) is 3.42. The van der Waals surface area contributed by atoms with Crippen molar-refractivity contribution in [1.29, 1.82) is 0 Å². The van der Waals surface area contributed by atoms with Gasteiger partial charge in [-0.3, -0.25) is 33.7 Å². The number of amides is 5. The lowest BCUT2D eigenvalue weighted by molar-refractivity contribution is -0.137. The third kappa shape index (κ3) is 11.7. The number of nitrogens with zero attached hydrogens (tertiary/aromatic N) is 1. The highest BCUT2D eigenvalue weighted by Crippen LogP contribution is 2.29. The lowest BCUT2D eigenvalue weighted by Crippen LogP contribution is -2.40. The van der Waals surface area contributed by atoms with E-state index in [0.717, 1.165) is 23.1 Å². The van der Waals surface area contributed by atoms with Crippen molar-refractivity contribution in [3.63, 3.8) is 0 Å². The summed E-state index contributed by atoms with van der Waals surface area (Å²) in [6, 6.07) is 0. The number of primary amides is 1. The third-order valence-corrected chi connectivity index (χ3v) is 9.03. The molecule has 6 atom stereocenters. The van der Waals surface area contributed by atoms with Gasteiger partial charge in [-0.25, -0.2) is 4.79 Å². The Morgan fingerprint density at radius 1 is 1.06 bits per heavy atom. The van der Waals surface area contributed by atoms with Crippen LogP contribution in [0, 0.1) is 11.8 Å². The number of methoxy groups -OCH3 is 2. The number of aliphatic hydroxyl groups excluding tert-OH is 1. The van der Waals surface area contributed by atoms with Crippen LogP contribution >= 0.6 is 0 Å². The summed E-state index contributed by atoms with van der Waals surface area (Å²) in [5.41, 5.74) is 5.84. The highest BCUT2D eigenvalue weighted by atomic mass is 16.6. The van der Waals surface area contributed by atoms with Crippen LogP contribution in [-0.2, 0) is 43.0 Å². The van der Waals surface area contributed by atoms with Crippen LogP contribution in [0.3, 0.4) is 0 Å². The van der Waals surface area contributed by atoms with Crippen molar-refractivity contribution in [2.75, 3.05) is 27.4 Å². The molecule has 0 unspecified atom stereocenters. The van der Waals surface area contributed by atoms with Crippen LogP contribution in [-0.4, -0.2) is 103 Å². The van der Waals surface area contributed by atoms with Crippen molar-refractivity contribution in [1.82, 2.24) is 20.9 Å². The number of ketones is 2. The Balaban J connectivity index is 1.89. The number of nitrogens with two attached hydrogens (primary N) is 1. The van der Waals surface area contributed by atoms with Gasteiger partial charge in [-0.05, 0) is 44.6 Å². The second kappa shape index (κ2) is 19.6. The van der Waals surface area contributed by atoms with Gasteiger partial charge in [0.15, 0.2) is 6.10 Å². The van der Waals surface area contributed by atoms with Gasteiger partial charge in [0, 0.05) is 62.5 Å². The summed E-state index contributed by atoms with van der Waals surface area (Å²) in [5.74, 6) is -4.04. The van der Waals surface area contributed by atoms with Gasteiger partial charge in [0.05, 0.1) is 30.3 Å². The van der Waals surface area contributed by atoms with Gasteiger partial charge >= 0.3 is 6.09 Å². The molecule has 53 heavy (non-hydrogen) atoms. The van der Waals surface area contributed by atoms with E-state index in [4.69, 9.17) is 19.9 Å². The Labute approximate surface area is 308 Å². The molecule has 0 saturated heterocycles. The fourth-order valence-electron chi connectivity index (χ4n) is 6.15. The van der Waals surface area contributed by atoms with Gasteiger partial charge in [0.25, 0.3) is 17.7 Å². The van der Waals surface area contributed by atoms with Crippen molar-refractivity contribution in [3.8, 4) is 0 Å². The van der Waals surface area contributed by atoms with Crippen molar-refractivity contribution < 1.29 is 52.9 Å². The second-order valence-corrected chi connectivity index (χ2v) is 13.1. The minimum Gasteiger partial charge on any atom is -0.439 e.